The predicted octanol–water partition coefficient (Wildman–Crippen LogP) is 1.49. The maximum absolute atomic E-state index is 11.2. The first-order valence-corrected chi connectivity index (χ1v) is 7.30. The molecule has 0 radical (unpaired) electrons. The van der Waals surface area contributed by atoms with Crippen LogP contribution in [0.25, 0.3) is 0 Å². The Labute approximate surface area is 111 Å². The normalized spacial score (nSPS) is 9.84. The number of aromatic carboxylic acids is 1. The summed E-state index contributed by atoms with van der Waals surface area (Å²) in [5.74, 6) is -1.22. The standard InChI is InChI=1S/C9H10N2O5S.C2H6/c1-17(15,16)11-9(14)10-7-5-3-2-4-6(7)8(12)13;1-2/h2-5H,1H3,(H,12,13)(H2,10,11,14);1-2H3. The molecule has 1 aromatic rings. The fraction of sp³-hybridized carbons (Fsp3) is 0.273. The van der Waals surface area contributed by atoms with Crippen LogP contribution in [0.5, 0.6) is 0 Å². The van der Waals surface area contributed by atoms with Gasteiger partial charge in [-0.05, 0) is 12.1 Å². The van der Waals surface area contributed by atoms with Crippen LogP contribution in [-0.2, 0) is 10.0 Å². The molecule has 0 aliphatic heterocycles. The number of benzene rings is 1. The summed E-state index contributed by atoms with van der Waals surface area (Å²) in [6.45, 7) is 4.00. The van der Waals surface area contributed by atoms with E-state index in [2.05, 4.69) is 5.32 Å². The quantitative estimate of drug-likeness (QED) is 0.780. The summed E-state index contributed by atoms with van der Waals surface area (Å²) in [7, 11) is -3.69. The minimum atomic E-state index is -3.69. The van der Waals surface area contributed by atoms with Crippen molar-refractivity contribution < 1.29 is 23.1 Å². The van der Waals surface area contributed by atoms with E-state index >= 15 is 0 Å². The van der Waals surface area contributed by atoms with Gasteiger partial charge in [0.15, 0.2) is 0 Å². The van der Waals surface area contributed by atoms with E-state index in [0.29, 0.717) is 0 Å². The highest BCUT2D eigenvalue weighted by Gasteiger charge is 2.13. The molecule has 1 aromatic carbocycles. The summed E-state index contributed by atoms with van der Waals surface area (Å²) in [6, 6.07) is 4.64. The Morgan fingerprint density at radius 2 is 1.68 bits per heavy atom. The highest BCUT2D eigenvalue weighted by atomic mass is 32.2. The van der Waals surface area contributed by atoms with Crippen LogP contribution in [0.1, 0.15) is 24.2 Å². The average molecular weight is 288 g/mol. The summed E-state index contributed by atoms with van der Waals surface area (Å²) in [5, 5.41) is 11.0. The number of amides is 2. The zero-order valence-electron chi connectivity index (χ0n) is 10.8. The molecular formula is C11H16N2O5S. The first-order chi connectivity index (χ1) is 8.79. The third kappa shape index (κ3) is 6.41. The van der Waals surface area contributed by atoms with Crippen LogP contribution < -0.4 is 10.0 Å². The van der Waals surface area contributed by atoms with Crippen LogP contribution in [0.3, 0.4) is 0 Å². The number of sulfonamides is 1. The number of anilines is 1. The monoisotopic (exact) mass is 288 g/mol. The van der Waals surface area contributed by atoms with E-state index in [0.717, 1.165) is 6.26 Å². The van der Waals surface area contributed by atoms with E-state index in [1.807, 2.05) is 13.8 Å². The van der Waals surface area contributed by atoms with Gasteiger partial charge in [0.25, 0.3) is 0 Å². The van der Waals surface area contributed by atoms with E-state index in [9.17, 15) is 18.0 Å². The van der Waals surface area contributed by atoms with Gasteiger partial charge in [0.05, 0.1) is 17.5 Å². The second-order valence-electron chi connectivity index (χ2n) is 3.18. The van der Waals surface area contributed by atoms with Crippen molar-refractivity contribution in [3.05, 3.63) is 29.8 Å². The van der Waals surface area contributed by atoms with Crippen molar-refractivity contribution in [2.24, 2.45) is 0 Å². The number of urea groups is 1. The van der Waals surface area contributed by atoms with E-state index in [1.165, 1.54) is 24.3 Å². The number of carboxylic acid groups (broad SMARTS) is 1. The number of para-hydroxylation sites is 1. The van der Waals surface area contributed by atoms with E-state index in [4.69, 9.17) is 5.11 Å². The molecule has 0 unspecified atom stereocenters. The second kappa shape index (κ2) is 7.37. The highest BCUT2D eigenvalue weighted by Crippen LogP contribution is 2.14. The molecule has 0 aromatic heterocycles. The van der Waals surface area contributed by atoms with Crippen LogP contribution in [0.4, 0.5) is 10.5 Å². The molecule has 2 amide bonds. The molecule has 8 heteroatoms. The van der Waals surface area contributed by atoms with Crippen molar-refractivity contribution >= 4 is 27.7 Å². The third-order valence-electron chi connectivity index (χ3n) is 1.68. The van der Waals surface area contributed by atoms with Crippen molar-refractivity contribution in [1.82, 2.24) is 4.72 Å². The zero-order valence-corrected chi connectivity index (χ0v) is 11.6. The van der Waals surface area contributed by atoms with Gasteiger partial charge in [0, 0.05) is 0 Å². The molecule has 0 fully saturated rings. The first kappa shape index (κ1) is 16.9. The lowest BCUT2D eigenvalue weighted by molar-refractivity contribution is 0.0698. The SMILES string of the molecule is CC.CS(=O)(=O)NC(=O)Nc1ccccc1C(=O)O. The summed E-state index contributed by atoms with van der Waals surface area (Å²) < 4.78 is 23.2. The minimum absolute atomic E-state index is 0.0150. The molecule has 3 N–H and O–H groups in total. The fourth-order valence-corrected chi connectivity index (χ4v) is 1.48. The molecule has 19 heavy (non-hydrogen) atoms. The van der Waals surface area contributed by atoms with Crippen molar-refractivity contribution in [3.63, 3.8) is 0 Å². The Balaban J connectivity index is 0.00000154. The van der Waals surface area contributed by atoms with Gasteiger partial charge < -0.3 is 10.4 Å². The van der Waals surface area contributed by atoms with Gasteiger partial charge in [-0.1, -0.05) is 26.0 Å². The van der Waals surface area contributed by atoms with E-state index < -0.39 is 22.0 Å². The molecule has 0 heterocycles. The number of carbonyl (C=O) groups is 2. The molecule has 0 saturated carbocycles. The fourth-order valence-electron chi connectivity index (χ4n) is 1.09. The van der Waals surface area contributed by atoms with Gasteiger partial charge >= 0.3 is 12.0 Å². The number of carboxylic acids is 1. The number of hydrogen-bond donors (Lipinski definition) is 3. The predicted molar refractivity (Wildman–Crippen MR) is 71.7 cm³/mol. The molecule has 7 nitrogen and oxygen atoms in total. The second-order valence-corrected chi connectivity index (χ2v) is 4.93. The summed E-state index contributed by atoms with van der Waals surface area (Å²) in [4.78, 5) is 22.0. The molecule has 0 atom stereocenters. The maximum Gasteiger partial charge on any atom is 0.337 e. The lowest BCUT2D eigenvalue weighted by atomic mass is 10.2. The Morgan fingerprint density at radius 3 is 2.16 bits per heavy atom. The summed E-state index contributed by atoms with van der Waals surface area (Å²) in [6.07, 6.45) is 0.815. The molecule has 106 valence electrons. The van der Waals surface area contributed by atoms with E-state index in [-0.39, 0.29) is 11.3 Å². The van der Waals surface area contributed by atoms with Crippen molar-refractivity contribution in [2.75, 3.05) is 11.6 Å². The van der Waals surface area contributed by atoms with E-state index in [1.54, 1.807) is 4.72 Å². The van der Waals surface area contributed by atoms with Crippen LogP contribution in [0.2, 0.25) is 0 Å². The summed E-state index contributed by atoms with van der Waals surface area (Å²) >= 11 is 0. The lowest BCUT2D eigenvalue weighted by Gasteiger charge is -2.08. The van der Waals surface area contributed by atoms with Gasteiger partial charge in [-0.2, -0.15) is 0 Å². The lowest BCUT2D eigenvalue weighted by Crippen LogP contribution is -2.33. The largest absolute Gasteiger partial charge is 0.478 e. The third-order valence-corrected chi connectivity index (χ3v) is 2.24. The Hall–Kier alpha value is -2.09. The molecule has 0 bridgehead atoms. The first-order valence-electron chi connectivity index (χ1n) is 5.40. The summed E-state index contributed by atoms with van der Waals surface area (Å²) in [5.41, 5.74) is -0.114. The number of nitrogens with one attached hydrogen (secondary N) is 2. The maximum atomic E-state index is 11.2. The van der Waals surface area contributed by atoms with Gasteiger partial charge in [-0.25, -0.2) is 22.7 Å². The van der Waals surface area contributed by atoms with Gasteiger partial charge in [0.2, 0.25) is 10.0 Å². The van der Waals surface area contributed by atoms with Crippen LogP contribution in [0.15, 0.2) is 24.3 Å². The molecule has 0 aliphatic carbocycles. The molecular weight excluding hydrogens is 272 g/mol. The van der Waals surface area contributed by atoms with Gasteiger partial charge in [-0.15, -0.1) is 0 Å². The molecule has 0 spiro atoms. The van der Waals surface area contributed by atoms with Crippen molar-refractivity contribution in [2.45, 2.75) is 13.8 Å². The Morgan fingerprint density at radius 1 is 1.16 bits per heavy atom. The van der Waals surface area contributed by atoms with Gasteiger partial charge in [0.1, 0.15) is 0 Å². The minimum Gasteiger partial charge on any atom is -0.478 e. The Kier molecular flexibility index (Phi) is 6.56. The van der Waals surface area contributed by atoms with Crippen LogP contribution >= 0.6 is 0 Å². The number of carbonyl (C=O) groups excluding carboxylic acids is 1. The average Bonchev–Trinajstić information content (AvgIpc) is 2.29. The number of rotatable bonds is 3. The van der Waals surface area contributed by atoms with Crippen LogP contribution in [0, 0.1) is 0 Å². The number of hydrogen-bond acceptors (Lipinski definition) is 4. The smallest absolute Gasteiger partial charge is 0.337 e. The highest BCUT2D eigenvalue weighted by molar-refractivity contribution is 7.89. The Bertz CT molecular complexity index is 554. The van der Waals surface area contributed by atoms with Gasteiger partial charge in [-0.3, -0.25) is 0 Å². The topological polar surface area (TPSA) is 113 Å². The zero-order chi connectivity index (χ0) is 15.1. The van der Waals surface area contributed by atoms with Crippen LogP contribution in [-0.4, -0.2) is 31.8 Å². The molecule has 0 aliphatic rings. The van der Waals surface area contributed by atoms with Crippen molar-refractivity contribution in [3.8, 4) is 0 Å². The molecule has 0 saturated heterocycles. The van der Waals surface area contributed by atoms with Crippen molar-refractivity contribution in [1.29, 1.82) is 0 Å². The molecule has 1 rings (SSSR count).